The quantitative estimate of drug-likeness (QED) is 0.479. The van der Waals surface area contributed by atoms with Gasteiger partial charge in [-0.1, -0.05) is 72.7 Å². The second-order valence-corrected chi connectivity index (χ2v) is 10.3. The molecule has 5 rings (SSSR count). The predicted octanol–water partition coefficient (Wildman–Crippen LogP) is 8.16. The van der Waals surface area contributed by atoms with Crippen LogP contribution in [0.5, 0.6) is 0 Å². The van der Waals surface area contributed by atoms with Crippen LogP contribution < -0.4 is 0 Å². The molecule has 2 aromatic carbocycles. The largest absolute Gasteiger partial charge is 0.0721 e. The average Bonchev–Trinajstić information content (AvgIpc) is 3.27. The summed E-state index contributed by atoms with van der Waals surface area (Å²) in [7, 11) is 0. The Morgan fingerprint density at radius 1 is 0.806 bits per heavy atom. The number of hydrogen-bond donors (Lipinski definition) is 0. The van der Waals surface area contributed by atoms with Gasteiger partial charge in [0.1, 0.15) is 0 Å². The summed E-state index contributed by atoms with van der Waals surface area (Å²) in [6, 6.07) is 15.9. The summed E-state index contributed by atoms with van der Waals surface area (Å²) < 4.78 is 0. The maximum atomic E-state index is 2.61. The van der Waals surface area contributed by atoms with Crippen molar-refractivity contribution in [1.29, 1.82) is 0 Å². The molecule has 0 aromatic heterocycles. The SMILES string of the molecule is CC1=C(C)C(C)(C2(CCc3ccccc3)C=Cc3ccc4c(c32)CCCC4)C(C)=C1C. The molecule has 2 aromatic rings. The van der Waals surface area contributed by atoms with E-state index in [4.69, 9.17) is 0 Å². The molecule has 0 radical (unpaired) electrons. The van der Waals surface area contributed by atoms with Crippen LogP contribution in [0.2, 0.25) is 0 Å². The lowest BCUT2D eigenvalue weighted by atomic mass is 9.54. The molecule has 0 nitrogen and oxygen atoms in total. The van der Waals surface area contributed by atoms with Crippen molar-refractivity contribution in [3.8, 4) is 0 Å². The van der Waals surface area contributed by atoms with Gasteiger partial charge in [-0.2, -0.15) is 0 Å². The van der Waals surface area contributed by atoms with Crippen LogP contribution in [0.15, 0.2) is 70.8 Å². The van der Waals surface area contributed by atoms with E-state index >= 15 is 0 Å². The molecule has 0 heterocycles. The van der Waals surface area contributed by atoms with Gasteiger partial charge < -0.3 is 0 Å². The smallest absolute Gasteiger partial charge is 0.0275 e. The Morgan fingerprint density at radius 3 is 2.19 bits per heavy atom. The Kier molecular flexibility index (Phi) is 4.88. The second kappa shape index (κ2) is 7.37. The Bertz CT molecular complexity index is 1100. The number of fused-ring (bicyclic) bond motifs is 3. The molecule has 160 valence electrons. The van der Waals surface area contributed by atoms with E-state index in [-0.39, 0.29) is 10.8 Å². The predicted molar refractivity (Wildman–Crippen MR) is 133 cm³/mol. The summed E-state index contributed by atoms with van der Waals surface area (Å²) in [6.07, 6.45) is 12.5. The van der Waals surface area contributed by atoms with Gasteiger partial charge in [0.15, 0.2) is 0 Å². The first-order valence-corrected chi connectivity index (χ1v) is 12.1. The van der Waals surface area contributed by atoms with E-state index < -0.39 is 0 Å². The minimum Gasteiger partial charge on any atom is -0.0721 e. The van der Waals surface area contributed by atoms with Crippen molar-refractivity contribution >= 4 is 6.08 Å². The molecule has 0 fully saturated rings. The topological polar surface area (TPSA) is 0 Å². The molecule has 31 heavy (non-hydrogen) atoms. The lowest BCUT2D eigenvalue weighted by Gasteiger charge is -2.49. The van der Waals surface area contributed by atoms with E-state index in [0.717, 1.165) is 12.8 Å². The first kappa shape index (κ1) is 20.6. The van der Waals surface area contributed by atoms with Crippen LogP contribution in [-0.4, -0.2) is 0 Å². The molecule has 0 aliphatic heterocycles. The number of rotatable bonds is 4. The molecule has 3 aliphatic carbocycles. The van der Waals surface area contributed by atoms with Gasteiger partial charge in [0.2, 0.25) is 0 Å². The fraction of sp³-hybridized carbons (Fsp3) is 0.419. The summed E-state index contributed by atoms with van der Waals surface area (Å²) >= 11 is 0. The highest BCUT2D eigenvalue weighted by molar-refractivity contribution is 5.72. The summed E-state index contributed by atoms with van der Waals surface area (Å²) in [4.78, 5) is 0. The standard InChI is InChI=1S/C31H36/c1-21-22(2)24(4)30(5,23(21)3)31(19-17-25-11-7-6-8-12-25)20-18-27-16-15-26-13-9-10-14-28(26)29(27)31/h6-8,11-12,15-16,18,20H,9-10,13-14,17,19H2,1-5H3. The van der Waals surface area contributed by atoms with E-state index in [1.54, 1.807) is 27.8 Å². The van der Waals surface area contributed by atoms with Crippen LogP contribution in [-0.2, 0) is 24.7 Å². The van der Waals surface area contributed by atoms with Gasteiger partial charge in [-0.3, -0.25) is 0 Å². The van der Waals surface area contributed by atoms with Crippen molar-refractivity contribution in [2.45, 2.75) is 78.6 Å². The molecule has 1 unspecified atom stereocenters. The number of allylic oxidation sites excluding steroid dienone is 5. The Balaban J connectivity index is 1.74. The zero-order valence-corrected chi connectivity index (χ0v) is 19.9. The van der Waals surface area contributed by atoms with E-state index in [2.05, 4.69) is 89.2 Å². The molecule has 0 N–H and O–H groups in total. The molecule has 0 saturated carbocycles. The van der Waals surface area contributed by atoms with Crippen LogP contribution in [0.25, 0.3) is 6.08 Å². The van der Waals surface area contributed by atoms with Gasteiger partial charge in [0.05, 0.1) is 0 Å². The minimum absolute atomic E-state index is 0.0219. The Hall–Kier alpha value is -2.34. The number of hydrogen-bond acceptors (Lipinski definition) is 0. The van der Waals surface area contributed by atoms with Crippen LogP contribution in [0.3, 0.4) is 0 Å². The van der Waals surface area contributed by atoms with Gasteiger partial charge in [0.25, 0.3) is 0 Å². The molecular formula is C31H36. The third kappa shape index (κ3) is 2.80. The van der Waals surface area contributed by atoms with Gasteiger partial charge >= 0.3 is 0 Å². The fourth-order valence-corrected chi connectivity index (χ4v) is 6.95. The minimum atomic E-state index is 0.0219. The van der Waals surface area contributed by atoms with Crippen molar-refractivity contribution in [3.63, 3.8) is 0 Å². The summed E-state index contributed by atoms with van der Waals surface area (Å²) in [5, 5.41) is 0. The first-order valence-electron chi connectivity index (χ1n) is 12.1. The van der Waals surface area contributed by atoms with Crippen molar-refractivity contribution in [2.75, 3.05) is 0 Å². The number of benzene rings is 2. The lowest BCUT2D eigenvalue weighted by molar-refractivity contribution is 0.271. The molecule has 0 heteroatoms. The third-order valence-corrected chi connectivity index (χ3v) is 9.29. The fourth-order valence-electron chi connectivity index (χ4n) is 6.95. The van der Waals surface area contributed by atoms with E-state index in [1.807, 2.05) is 0 Å². The van der Waals surface area contributed by atoms with Gasteiger partial charge in [-0.05, 0) is 105 Å². The molecule has 0 saturated heterocycles. The molecule has 3 aliphatic rings. The maximum absolute atomic E-state index is 2.61. The molecule has 0 bridgehead atoms. The molecule has 0 amide bonds. The highest BCUT2D eigenvalue weighted by atomic mass is 14.6. The van der Waals surface area contributed by atoms with Crippen LogP contribution in [0, 0.1) is 5.41 Å². The molecular weight excluding hydrogens is 372 g/mol. The van der Waals surface area contributed by atoms with E-state index in [1.165, 1.54) is 48.0 Å². The Morgan fingerprint density at radius 2 is 1.48 bits per heavy atom. The van der Waals surface area contributed by atoms with Crippen molar-refractivity contribution in [1.82, 2.24) is 0 Å². The highest BCUT2D eigenvalue weighted by Crippen LogP contribution is 2.63. The van der Waals surface area contributed by atoms with Crippen LogP contribution in [0.1, 0.15) is 81.7 Å². The van der Waals surface area contributed by atoms with Crippen molar-refractivity contribution in [2.24, 2.45) is 5.41 Å². The second-order valence-electron chi connectivity index (χ2n) is 10.3. The summed E-state index contributed by atoms with van der Waals surface area (Å²) in [5.41, 5.74) is 14.1. The zero-order chi connectivity index (χ0) is 21.8. The van der Waals surface area contributed by atoms with Gasteiger partial charge in [0, 0.05) is 10.8 Å². The molecule has 0 spiro atoms. The number of aryl methyl sites for hydroxylation is 2. The normalized spacial score (nSPS) is 24.0. The Labute approximate surface area is 188 Å². The van der Waals surface area contributed by atoms with Crippen LogP contribution in [0.4, 0.5) is 0 Å². The van der Waals surface area contributed by atoms with Gasteiger partial charge in [-0.15, -0.1) is 0 Å². The van der Waals surface area contributed by atoms with E-state index in [0.29, 0.717) is 0 Å². The summed E-state index contributed by atoms with van der Waals surface area (Å²) in [5.74, 6) is 0. The zero-order valence-electron chi connectivity index (χ0n) is 19.9. The van der Waals surface area contributed by atoms with Gasteiger partial charge in [-0.25, -0.2) is 0 Å². The maximum Gasteiger partial charge on any atom is 0.0275 e. The average molecular weight is 409 g/mol. The third-order valence-electron chi connectivity index (χ3n) is 9.29. The first-order chi connectivity index (χ1) is 14.9. The summed E-state index contributed by atoms with van der Waals surface area (Å²) in [6.45, 7) is 12.0. The van der Waals surface area contributed by atoms with Crippen molar-refractivity contribution in [3.05, 3.63) is 98.7 Å². The van der Waals surface area contributed by atoms with E-state index in [9.17, 15) is 0 Å². The van der Waals surface area contributed by atoms with Crippen LogP contribution >= 0.6 is 0 Å². The molecule has 1 atom stereocenters. The monoisotopic (exact) mass is 408 g/mol. The van der Waals surface area contributed by atoms with Crippen molar-refractivity contribution < 1.29 is 0 Å². The lowest BCUT2D eigenvalue weighted by Crippen LogP contribution is -2.44. The highest BCUT2D eigenvalue weighted by Gasteiger charge is 2.55.